The molecule has 0 saturated heterocycles. The van der Waals surface area contributed by atoms with Gasteiger partial charge in [0, 0.05) is 38.0 Å². The maximum Gasteiger partial charge on any atom is 0.195 e. The minimum absolute atomic E-state index is 0.189. The van der Waals surface area contributed by atoms with E-state index in [2.05, 4.69) is 29.6 Å². The molecule has 0 spiro atoms. The van der Waals surface area contributed by atoms with Gasteiger partial charge in [0.1, 0.15) is 24.5 Å². The molecule has 0 fully saturated rings. The molecule has 0 aliphatic carbocycles. The predicted molar refractivity (Wildman–Crippen MR) is 101 cm³/mol. The Bertz CT molecular complexity index is 917. The van der Waals surface area contributed by atoms with Crippen LogP contribution in [0.5, 0.6) is 0 Å². The SMILES string of the molecule is C[Si](C)(C)CCOCn1cc(C(=O)c2ccc(F)cc2)c2cncnc21. The first-order chi connectivity index (χ1) is 12.3. The lowest BCUT2D eigenvalue weighted by Crippen LogP contribution is -2.22. The molecule has 26 heavy (non-hydrogen) atoms. The van der Waals surface area contributed by atoms with Crippen LogP contribution in [0.25, 0.3) is 11.0 Å². The zero-order valence-electron chi connectivity index (χ0n) is 15.2. The first-order valence-corrected chi connectivity index (χ1v) is 12.2. The molecular formula is C19H22FN3O2Si. The summed E-state index contributed by atoms with van der Waals surface area (Å²) in [7, 11) is -1.16. The zero-order valence-corrected chi connectivity index (χ0v) is 16.2. The Hall–Kier alpha value is -2.38. The summed E-state index contributed by atoms with van der Waals surface area (Å²) in [6.07, 6.45) is 4.81. The molecule has 0 amide bonds. The van der Waals surface area contributed by atoms with E-state index in [1.165, 1.54) is 30.6 Å². The smallest absolute Gasteiger partial charge is 0.195 e. The van der Waals surface area contributed by atoms with E-state index in [9.17, 15) is 9.18 Å². The van der Waals surface area contributed by atoms with Crippen molar-refractivity contribution < 1.29 is 13.9 Å². The van der Waals surface area contributed by atoms with Crippen molar-refractivity contribution in [1.29, 1.82) is 0 Å². The molecule has 3 rings (SSSR count). The Morgan fingerprint density at radius 3 is 2.65 bits per heavy atom. The third kappa shape index (κ3) is 4.23. The van der Waals surface area contributed by atoms with Gasteiger partial charge in [-0.25, -0.2) is 14.4 Å². The van der Waals surface area contributed by atoms with Crippen LogP contribution in [0, 0.1) is 5.82 Å². The summed E-state index contributed by atoms with van der Waals surface area (Å²) in [4.78, 5) is 21.1. The summed E-state index contributed by atoms with van der Waals surface area (Å²) in [6, 6.07) is 6.59. The van der Waals surface area contributed by atoms with Crippen LogP contribution in [0.15, 0.2) is 43.0 Å². The van der Waals surface area contributed by atoms with Gasteiger partial charge in [0.05, 0.1) is 5.56 Å². The van der Waals surface area contributed by atoms with E-state index < -0.39 is 8.07 Å². The molecule has 0 radical (unpaired) electrons. The number of carbonyl (C=O) groups is 1. The quantitative estimate of drug-likeness (QED) is 0.356. The van der Waals surface area contributed by atoms with Crippen LogP contribution in [0.4, 0.5) is 4.39 Å². The highest BCUT2D eigenvalue weighted by molar-refractivity contribution is 6.76. The molecule has 0 atom stereocenters. The van der Waals surface area contributed by atoms with Gasteiger partial charge < -0.3 is 9.30 Å². The van der Waals surface area contributed by atoms with Gasteiger partial charge in [-0.2, -0.15) is 0 Å². The lowest BCUT2D eigenvalue weighted by atomic mass is 10.0. The third-order valence-electron chi connectivity index (χ3n) is 4.12. The van der Waals surface area contributed by atoms with E-state index in [1.54, 1.807) is 12.4 Å². The Morgan fingerprint density at radius 2 is 1.96 bits per heavy atom. The van der Waals surface area contributed by atoms with Crippen molar-refractivity contribution in [3.8, 4) is 0 Å². The minimum Gasteiger partial charge on any atom is -0.361 e. The van der Waals surface area contributed by atoms with E-state index in [0.717, 1.165) is 6.04 Å². The van der Waals surface area contributed by atoms with E-state index in [1.807, 2.05) is 4.57 Å². The lowest BCUT2D eigenvalue weighted by molar-refractivity contribution is 0.0896. The van der Waals surface area contributed by atoms with Crippen molar-refractivity contribution >= 4 is 24.9 Å². The van der Waals surface area contributed by atoms with E-state index in [-0.39, 0.29) is 11.6 Å². The highest BCUT2D eigenvalue weighted by Gasteiger charge is 2.18. The number of nitrogens with zero attached hydrogens (tertiary/aromatic N) is 3. The van der Waals surface area contributed by atoms with Crippen LogP contribution < -0.4 is 0 Å². The van der Waals surface area contributed by atoms with Crippen molar-refractivity contribution in [2.45, 2.75) is 32.4 Å². The summed E-state index contributed by atoms with van der Waals surface area (Å²) in [5, 5.41) is 0.663. The number of ether oxygens (including phenoxy) is 1. The fourth-order valence-electron chi connectivity index (χ4n) is 2.61. The largest absolute Gasteiger partial charge is 0.361 e. The molecule has 7 heteroatoms. The average Bonchev–Trinajstić information content (AvgIpc) is 2.97. The second kappa shape index (κ2) is 7.47. The molecule has 2 heterocycles. The van der Waals surface area contributed by atoms with Crippen molar-refractivity contribution in [1.82, 2.24) is 14.5 Å². The second-order valence-electron chi connectivity index (χ2n) is 7.46. The van der Waals surface area contributed by atoms with Crippen molar-refractivity contribution in [2.75, 3.05) is 6.61 Å². The number of benzene rings is 1. The molecule has 0 N–H and O–H groups in total. The summed E-state index contributed by atoms with van der Waals surface area (Å²) in [5.41, 5.74) is 1.56. The van der Waals surface area contributed by atoms with Gasteiger partial charge in [-0.05, 0) is 30.3 Å². The maximum absolute atomic E-state index is 13.1. The molecule has 136 valence electrons. The van der Waals surface area contributed by atoms with Gasteiger partial charge in [0.2, 0.25) is 0 Å². The van der Waals surface area contributed by atoms with Crippen LogP contribution in [0.3, 0.4) is 0 Å². The Labute approximate surface area is 152 Å². The molecule has 2 aromatic heterocycles. The Balaban J connectivity index is 1.85. The van der Waals surface area contributed by atoms with Crippen LogP contribution in [0.2, 0.25) is 25.7 Å². The highest BCUT2D eigenvalue weighted by atomic mass is 28.3. The number of fused-ring (bicyclic) bond motifs is 1. The molecule has 0 aliphatic heterocycles. The normalized spacial score (nSPS) is 11.8. The molecule has 3 aromatic rings. The van der Waals surface area contributed by atoms with Gasteiger partial charge in [-0.15, -0.1) is 0 Å². The molecule has 5 nitrogen and oxygen atoms in total. The average molecular weight is 371 g/mol. The second-order valence-corrected chi connectivity index (χ2v) is 13.1. The van der Waals surface area contributed by atoms with E-state index in [0.29, 0.717) is 35.5 Å². The van der Waals surface area contributed by atoms with Crippen molar-refractivity contribution in [2.24, 2.45) is 0 Å². The summed E-state index contributed by atoms with van der Waals surface area (Å²) < 4.78 is 20.7. The van der Waals surface area contributed by atoms with Crippen molar-refractivity contribution in [3.63, 3.8) is 0 Å². The molecular weight excluding hydrogens is 349 g/mol. The maximum atomic E-state index is 13.1. The number of ketones is 1. The number of aromatic nitrogens is 3. The highest BCUT2D eigenvalue weighted by Crippen LogP contribution is 2.22. The number of hydrogen-bond acceptors (Lipinski definition) is 4. The molecule has 0 aliphatic rings. The minimum atomic E-state index is -1.16. The number of halogens is 1. The van der Waals surface area contributed by atoms with E-state index >= 15 is 0 Å². The predicted octanol–water partition coefficient (Wildman–Crippen LogP) is 4.11. The molecule has 0 bridgehead atoms. The van der Waals surface area contributed by atoms with Crippen LogP contribution in [-0.4, -0.2) is 35.0 Å². The number of rotatable bonds is 7. The van der Waals surface area contributed by atoms with Gasteiger partial charge in [-0.1, -0.05) is 19.6 Å². The van der Waals surface area contributed by atoms with Gasteiger partial charge in [0.25, 0.3) is 0 Å². The molecule has 0 unspecified atom stereocenters. The summed E-state index contributed by atoms with van der Waals surface area (Å²) >= 11 is 0. The van der Waals surface area contributed by atoms with Crippen molar-refractivity contribution in [3.05, 3.63) is 59.9 Å². The first kappa shape index (κ1) is 18.4. The van der Waals surface area contributed by atoms with Crippen LogP contribution in [-0.2, 0) is 11.5 Å². The summed E-state index contributed by atoms with van der Waals surface area (Å²) in [5.74, 6) is -0.561. The van der Waals surface area contributed by atoms with Gasteiger partial charge >= 0.3 is 0 Å². The summed E-state index contributed by atoms with van der Waals surface area (Å²) in [6.45, 7) is 7.91. The lowest BCUT2D eigenvalue weighted by Gasteiger charge is -2.15. The van der Waals surface area contributed by atoms with Crippen LogP contribution >= 0.6 is 0 Å². The fourth-order valence-corrected chi connectivity index (χ4v) is 3.36. The van der Waals surface area contributed by atoms with Crippen LogP contribution in [0.1, 0.15) is 15.9 Å². The fraction of sp³-hybridized carbons (Fsp3) is 0.316. The molecule has 1 aromatic carbocycles. The Kier molecular flexibility index (Phi) is 5.29. The standard InChI is InChI=1S/C19H22FN3O2Si/c1-26(2,3)9-8-25-13-23-11-17(16-10-21-12-22-19(16)23)18(24)14-4-6-15(20)7-5-14/h4-7,10-12H,8-9,13H2,1-3H3. The monoisotopic (exact) mass is 371 g/mol. The third-order valence-corrected chi connectivity index (χ3v) is 5.82. The first-order valence-electron chi connectivity index (χ1n) is 8.52. The molecule has 0 saturated carbocycles. The number of carbonyl (C=O) groups excluding carboxylic acids is 1. The van der Waals surface area contributed by atoms with Gasteiger partial charge in [0.15, 0.2) is 5.78 Å². The Morgan fingerprint density at radius 1 is 1.23 bits per heavy atom. The zero-order chi connectivity index (χ0) is 18.7. The van der Waals surface area contributed by atoms with Gasteiger partial charge in [-0.3, -0.25) is 4.79 Å². The van der Waals surface area contributed by atoms with E-state index in [4.69, 9.17) is 4.74 Å². The topological polar surface area (TPSA) is 57.0 Å². The number of hydrogen-bond donors (Lipinski definition) is 0.